The topological polar surface area (TPSA) is 74.4 Å². The van der Waals surface area contributed by atoms with Gasteiger partial charge in [-0.15, -0.1) is 0 Å². The number of epoxide rings is 1. The van der Waals surface area contributed by atoms with Gasteiger partial charge in [0.2, 0.25) is 5.79 Å². The molecule has 6 heteroatoms. The molecule has 6 unspecified atom stereocenters. The number of fused-ring (bicyclic) bond motifs is 1. The largest absolute Gasteiger partial charge is 0.453 e. The third-order valence-electron chi connectivity index (χ3n) is 7.65. The fraction of sp³-hybridized carbons (Fsp3) is 0.727. The molecule has 6 atom stereocenters. The van der Waals surface area contributed by atoms with Gasteiger partial charge in [0.25, 0.3) is 0 Å². The van der Waals surface area contributed by atoms with Crippen molar-refractivity contribution in [2.45, 2.75) is 84.4 Å². The van der Waals surface area contributed by atoms with Crippen molar-refractivity contribution in [3.05, 3.63) is 22.8 Å². The summed E-state index contributed by atoms with van der Waals surface area (Å²) in [5.74, 6) is -1.75. The van der Waals surface area contributed by atoms with Crippen LogP contribution in [0, 0.1) is 11.3 Å². The van der Waals surface area contributed by atoms with Crippen LogP contribution in [0.25, 0.3) is 0 Å². The molecule has 6 nitrogen and oxygen atoms in total. The molecule has 0 aromatic rings. The maximum Gasteiger partial charge on any atom is 0.336 e. The maximum atomic E-state index is 12.8. The zero-order valence-corrected chi connectivity index (χ0v) is 17.6. The first-order valence-corrected chi connectivity index (χ1v) is 10.3. The lowest BCUT2D eigenvalue weighted by molar-refractivity contribution is -0.244. The predicted molar refractivity (Wildman–Crippen MR) is 101 cm³/mol. The zero-order valence-electron chi connectivity index (χ0n) is 17.6. The Kier molecular flexibility index (Phi) is 4.33. The van der Waals surface area contributed by atoms with Crippen molar-refractivity contribution in [1.29, 1.82) is 0 Å². The van der Waals surface area contributed by atoms with E-state index in [0.717, 1.165) is 12.8 Å². The van der Waals surface area contributed by atoms with Crippen molar-refractivity contribution in [3.8, 4) is 0 Å². The van der Waals surface area contributed by atoms with E-state index in [1.807, 2.05) is 6.92 Å². The van der Waals surface area contributed by atoms with Crippen molar-refractivity contribution in [2.75, 3.05) is 6.61 Å². The Morgan fingerprint density at radius 1 is 1.36 bits per heavy atom. The smallest absolute Gasteiger partial charge is 0.336 e. The first kappa shape index (κ1) is 19.6. The van der Waals surface area contributed by atoms with Gasteiger partial charge in [-0.3, -0.25) is 0 Å². The second-order valence-electron chi connectivity index (χ2n) is 8.81. The van der Waals surface area contributed by atoms with Gasteiger partial charge < -0.3 is 18.9 Å². The molecule has 4 rings (SSSR count). The van der Waals surface area contributed by atoms with Gasteiger partial charge in [0, 0.05) is 23.2 Å². The second kappa shape index (κ2) is 6.17. The van der Waals surface area contributed by atoms with E-state index in [9.17, 15) is 9.59 Å². The van der Waals surface area contributed by atoms with E-state index >= 15 is 0 Å². The average Bonchev–Trinajstić information content (AvgIpc) is 3.30. The maximum absolute atomic E-state index is 12.8. The Morgan fingerprint density at radius 3 is 2.71 bits per heavy atom. The van der Waals surface area contributed by atoms with Crippen LogP contribution in [-0.4, -0.2) is 42.1 Å². The van der Waals surface area contributed by atoms with Gasteiger partial charge in [0.1, 0.15) is 11.7 Å². The lowest BCUT2D eigenvalue weighted by Gasteiger charge is -2.55. The Balaban J connectivity index is 1.89. The van der Waals surface area contributed by atoms with E-state index < -0.39 is 28.9 Å². The van der Waals surface area contributed by atoms with Gasteiger partial charge in [-0.25, -0.2) is 9.59 Å². The number of ether oxygens (including phenoxy) is 4. The molecular formula is C22H30O6. The third kappa shape index (κ3) is 2.28. The molecule has 154 valence electrons. The van der Waals surface area contributed by atoms with Crippen LogP contribution in [0.3, 0.4) is 0 Å². The Morgan fingerprint density at radius 2 is 2.07 bits per heavy atom. The van der Waals surface area contributed by atoms with Gasteiger partial charge in [0.05, 0.1) is 18.1 Å². The predicted octanol–water partition coefficient (Wildman–Crippen LogP) is 3.45. The minimum absolute atomic E-state index is 0.0798. The van der Waals surface area contributed by atoms with Gasteiger partial charge >= 0.3 is 11.9 Å². The van der Waals surface area contributed by atoms with E-state index in [1.165, 1.54) is 0 Å². The summed E-state index contributed by atoms with van der Waals surface area (Å²) >= 11 is 0. The standard InChI is InChI=1S/C22H30O6/c1-7-12(3)18(23)26-17-16-14(5)19(24)28-22(16,25-8-2)11-21-15(27-21)10-9-13(4)20(17,21)6/h7,13,15,17H,8-11H2,1-6H3. The molecule has 4 aliphatic rings. The molecule has 0 amide bonds. The van der Waals surface area contributed by atoms with Crippen LogP contribution in [0.4, 0.5) is 0 Å². The van der Waals surface area contributed by atoms with Gasteiger partial charge in [-0.1, -0.05) is 19.9 Å². The molecule has 1 spiro atoms. The highest BCUT2D eigenvalue weighted by atomic mass is 16.7. The molecule has 0 bridgehead atoms. The van der Waals surface area contributed by atoms with Gasteiger partial charge in [-0.05, 0) is 46.5 Å². The van der Waals surface area contributed by atoms with Gasteiger partial charge in [0.15, 0.2) is 0 Å². The van der Waals surface area contributed by atoms with Gasteiger partial charge in [-0.2, -0.15) is 0 Å². The van der Waals surface area contributed by atoms with Crippen LogP contribution in [0.15, 0.2) is 22.8 Å². The minimum Gasteiger partial charge on any atom is -0.453 e. The number of esters is 2. The van der Waals surface area contributed by atoms with Crippen LogP contribution in [0.5, 0.6) is 0 Å². The molecule has 0 radical (unpaired) electrons. The third-order valence-corrected chi connectivity index (χ3v) is 7.65. The fourth-order valence-electron chi connectivity index (χ4n) is 5.67. The summed E-state index contributed by atoms with van der Waals surface area (Å²) in [7, 11) is 0. The van der Waals surface area contributed by atoms with Crippen LogP contribution < -0.4 is 0 Å². The fourth-order valence-corrected chi connectivity index (χ4v) is 5.67. The monoisotopic (exact) mass is 390 g/mol. The lowest BCUT2D eigenvalue weighted by Crippen LogP contribution is -2.65. The van der Waals surface area contributed by atoms with Crippen LogP contribution in [-0.2, 0) is 28.5 Å². The molecule has 0 N–H and O–H groups in total. The molecule has 1 saturated heterocycles. The lowest BCUT2D eigenvalue weighted by atomic mass is 9.51. The van der Waals surface area contributed by atoms with Crippen molar-refractivity contribution in [2.24, 2.45) is 11.3 Å². The summed E-state index contributed by atoms with van der Waals surface area (Å²) < 4.78 is 24.3. The van der Waals surface area contributed by atoms with Crippen LogP contribution >= 0.6 is 0 Å². The average molecular weight is 390 g/mol. The molecular weight excluding hydrogens is 360 g/mol. The number of carbonyl (C=O) groups is 2. The minimum atomic E-state index is -1.21. The van der Waals surface area contributed by atoms with Crippen LogP contribution in [0.2, 0.25) is 0 Å². The molecule has 0 aromatic carbocycles. The highest BCUT2D eigenvalue weighted by molar-refractivity contribution is 5.93. The van der Waals surface area contributed by atoms with Crippen molar-refractivity contribution in [3.63, 3.8) is 0 Å². The van der Waals surface area contributed by atoms with Crippen LogP contribution in [0.1, 0.15) is 60.8 Å². The SMILES string of the molecule is CC=C(C)C(=O)OC1C2=C(C)C(=O)OC2(OCC)CC23OC2CCC(C)C13C. The van der Waals surface area contributed by atoms with Crippen molar-refractivity contribution in [1.82, 2.24) is 0 Å². The summed E-state index contributed by atoms with van der Waals surface area (Å²) in [5, 5.41) is 0. The quantitative estimate of drug-likeness (QED) is 0.416. The van der Waals surface area contributed by atoms with E-state index in [2.05, 4.69) is 13.8 Å². The molecule has 2 heterocycles. The molecule has 2 aliphatic heterocycles. The van der Waals surface area contributed by atoms with Crippen molar-refractivity contribution >= 4 is 11.9 Å². The van der Waals surface area contributed by atoms with Crippen molar-refractivity contribution < 1.29 is 28.5 Å². The molecule has 3 fully saturated rings. The highest BCUT2D eigenvalue weighted by Crippen LogP contribution is 2.71. The number of carbonyl (C=O) groups excluding carboxylic acids is 2. The number of rotatable bonds is 4. The first-order valence-electron chi connectivity index (χ1n) is 10.3. The summed E-state index contributed by atoms with van der Waals surface area (Å²) in [5.41, 5.74) is 0.710. The molecule has 2 saturated carbocycles. The molecule has 28 heavy (non-hydrogen) atoms. The Bertz CT molecular complexity index is 797. The first-order chi connectivity index (χ1) is 13.2. The molecule has 2 aliphatic carbocycles. The van der Waals surface area contributed by atoms with E-state index in [-0.39, 0.29) is 18.0 Å². The second-order valence-corrected chi connectivity index (χ2v) is 8.81. The summed E-state index contributed by atoms with van der Waals surface area (Å²) in [6.07, 6.45) is 3.58. The normalized spacial score (nSPS) is 44.4. The summed E-state index contributed by atoms with van der Waals surface area (Å²) in [4.78, 5) is 25.4. The zero-order chi connectivity index (χ0) is 20.5. The number of hydrogen-bond donors (Lipinski definition) is 0. The Labute approximate surface area is 166 Å². The highest BCUT2D eigenvalue weighted by Gasteiger charge is 2.81. The number of allylic oxidation sites excluding steroid dienone is 1. The Hall–Kier alpha value is -1.66. The molecule has 0 aromatic heterocycles. The number of hydrogen-bond acceptors (Lipinski definition) is 6. The summed E-state index contributed by atoms with van der Waals surface area (Å²) in [6.45, 7) is 11.9. The van der Waals surface area contributed by atoms with E-state index in [1.54, 1.807) is 26.8 Å². The van der Waals surface area contributed by atoms with E-state index in [0.29, 0.717) is 29.7 Å². The summed E-state index contributed by atoms with van der Waals surface area (Å²) in [6, 6.07) is 0. The van der Waals surface area contributed by atoms with E-state index in [4.69, 9.17) is 18.9 Å².